The summed E-state index contributed by atoms with van der Waals surface area (Å²) in [5.74, 6) is -1.87. The van der Waals surface area contributed by atoms with Crippen LogP contribution in [0.2, 0.25) is 0 Å². The van der Waals surface area contributed by atoms with E-state index in [1.54, 1.807) is 31.4 Å². The molecule has 2 atom stereocenters. The molecule has 0 aliphatic rings. The first-order valence-electron chi connectivity index (χ1n) is 16.8. The van der Waals surface area contributed by atoms with Crippen molar-refractivity contribution < 1.29 is 28.7 Å². The van der Waals surface area contributed by atoms with E-state index < -0.39 is 35.8 Å². The third-order valence-electron chi connectivity index (χ3n) is 8.43. The Balaban J connectivity index is 1.34. The predicted molar refractivity (Wildman–Crippen MR) is 195 cm³/mol. The van der Waals surface area contributed by atoms with Gasteiger partial charge in [-0.15, -0.1) is 0 Å². The molecule has 5 rings (SSSR count). The van der Waals surface area contributed by atoms with Crippen LogP contribution < -0.4 is 20.7 Å². The van der Waals surface area contributed by atoms with Crippen molar-refractivity contribution in [1.29, 1.82) is 0 Å². The molecule has 3 N–H and O–H groups in total. The first-order valence-corrected chi connectivity index (χ1v) is 16.8. The molecule has 0 saturated carbocycles. The average Bonchev–Trinajstić information content (AvgIpc) is 3.18. The number of carbonyl (C=O) groups excluding carboxylic acids is 4. The molecule has 0 bridgehead atoms. The van der Waals surface area contributed by atoms with Crippen LogP contribution in [0.4, 0.5) is 4.79 Å². The number of hydrogen-bond donors (Lipinski definition) is 3. The van der Waals surface area contributed by atoms with Crippen molar-refractivity contribution in [3.63, 3.8) is 0 Å². The highest BCUT2D eigenvalue weighted by atomic mass is 16.5. The van der Waals surface area contributed by atoms with Gasteiger partial charge in [0.25, 0.3) is 5.91 Å². The lowest BCUT2D eigenvalue weighted by atomic mass is 9.91. The summed E-state index contributed by atoms with van der Waals surface area (Å²) in [6, 6.07) is 42.5. The number of hydrogen-bond acceptors (Lipinski definition) is 6. The van der Waals surface area contributed by atoms with Crippen LogP contribution in [-0.2, 0) is 38.6 Å². The van der Waals surface area contributed by atoms with Gasteiger partial charge in [-0.2, -0.15) is 0 Å². The zero-order chi connectivity index (χ0) is 35.8. The number of rotatable bonds is 16. The molecule has 0 spiro atoms. The van der Waals surface area contributed by atoms with Crippen molar-refractivity contribution >= 4 is 23.7 Å². The number of ether oxygens (including phenoxy) is 2. The SMILES string of the molecule is COc1ccc(CC(NC(=O)C(Cc2ccccc2)NC(=O)OCc2ccccc2)C(=O)C(=O)NCC(c2ccccc2)c2ccccc2)cc1. The van der Waals surface area contributed by atoms with Gasteiger partial charge in [-0.25, -0.2) is 4.79 Å². The standard InChI is InChI=1S/C42H41N3O6/c1-50-35-24-22-31(23-25-35)26-37(39(46)41(48)43-28-36(33-18-10-4-11-19-33)34-20-12-5-13-21-34)44-40(47)38(27-30-14-6-2-7-15-30)45-42(49)51-29-32-16-8-3-9-17-32/h2-25,36-38H,26-29H2,1H3,(H,43,48)(H,44,47)(H,45,49). The number of Topliss-reactive ketones (excluding diaryl/α,β-unsaturated/α-hetero) is 1. The molecule has 2 unspecified atom stereocenters. The van der Waals surface area contributed by atoms with Crippen molar-refractivity contribution in [2.24, 2.45) is 0 Å². The molecule has 5 aromatic carbocycles. The zero-order valence-corrected chi connectivity index (χ0v) is 28.4. The summed E-state index contributed by atoms with van der Waals surface area (Å²) >= 11 is 0. The molecule has 51 heavy (non-hydrogen) atoms. The summed E-state index contributed by atoms with van der Waals surface area (Å²) in [7, 11) is 1.55. The Kier molecular flexibility index (Phi) is 13.1. The highest BCUT2D eigenvalue weighted by Gasteiger charge is 2.31. The van der Waals surface area contributed by atoms with E-state index in [4.69, 9.17) is 9.47 Å². The quantitative estimate of drug-likeness (QED) is 0.113. The van der Waals surface area contributed by atoms with E-state index >= 15 is 0 Å². The molecule has 9 heteroatoms. The maximum atomic E-state index is 13.9. The molecule has 9 nitrogen and oxygen atoms in total. The highest BCUT2D eigenvalue weighted by Crippen LogP contribution is 2.24. The summed E-state index contributed by atoms with van der Waals surface area (Å²) in [6.45, 7) is 0.172. The van der Waals surface area contributed by atoms with Gasteiger partial charge >= 0.3 is 6.09 Å². The van der Waals surface area contributed by atoms with Crippen LogP contribution in [0.25, 0.3) is 0 Å². The lowest BCUT2D eigenvalue weighted by Gasteiger charge is -2.24. The van der Waals surface area contributed by atoms with Gasteiger partial charge in [-0.1, -0.05) is 133 Å². The van der Waals surface area contributed by atoms with Gasteiger partial charge in [0, 0.05) is 25.3 Å². The Morgan fingerprint density at radius 2 is 1.06 bits per heavy atom. The van der Waals surface area contributed by atoms with Crippen LogP contribution in [0.15, 0.2) is 146 Å². The van der Waals surface area contributed by atoms with Gasteiger partial charge in [0.05, 0.1) is 7.11 Å². The fraction of sp³-hybridized carbons (Fsp3) is 0.190. The molecule has 0 heterocycles. The minimum Gasteiger partial charge on any atom is -0.497 e. The van der Waals surface area contributed by atoms with Crippen LogP contribution >= 0.6 is 0 Å². The third kappa shape index (κ3) is 10.9. The second-order valence-electron chi connectivity index (χ2n) is 12.0. The number of nitrogens with one attached hydrogen (secondary N) is 3. The molecule has 3 amide bonds. The molecular weight excluding hydrogens is 642 g/mol. The van der Waals surface area contributed by atoms with Crippen molar-refractivity contribution in [2.75, 3.05) is 13.7 Å². The fourth-order valence-corrected chi connectivity index (χ4v) is 5.68. The average molecular weight is 684 g/mol. The zero-order valence-electron chi connectivity index (χ0n) is 28.4. The monoisotopic (exact) mass is 683 g/mol. The second-order valence-corrected chi connectivity index (χ2v) is 12.0. The van der Waals surface area contributed by atoms with Gasteiger partial charge in [0.15, 0.2) is 0 Å². The maximum absolute atomic E-state index is 13.9. The van der Waals surface area contributed by atoms with Crippen molar-refractivity contribution in [3.05, 3.63) is 173 Å². The minimum atomic E-state index is -1.24. The van der Waals surface area contributed by atoms with Crippen molar-refractivity contribution in [3.8, 4) is 5.75 Å². The Hall–Kier alpha value is -6.22. The van der Waals surface area contributed by atoms with Crippen molar-refractivity contribution in [2.45, 2.75) is 37.5 Å². The Bertz CT molecular complexity index is 1810. The van der Waals surface area contributed by atoms with Crippen LogP contribution in [0.3, 0.4) is 0 Å². The maximum Gasteiger partial charge on any atom is 0.408 e. The number of benzene rings is 5. The van der Waals surface area contributed by atoms with E-state index in [9.17, 15) is 19.2 Å². The fourth-order valence-electron chi connectivity index (χ4n) is 5.68. The van der Waals surface area contributed by atoms with Crippen LogP contribution in [0.5, 0.6) is 5.75 Å². The van der Waals surface area contributed by atoms with Crippen LogP contribution in [0, 0.1) is 0 Å². The van der Waals surface area contributed by atoms with E-state index in [2.05, 4.69) is 16.0 Å². The topological polar surface area (TPSA) is 123 Å². The van der Waals surface area contributed by atoms with Gasteiger partial charge in [-0.3, -0.25) is 14.4 Å². The molecular formula is C42H41N3O6. The van der Waals surface area contributed by atoms with Gasteiger partial charge in [0.1, 0.15) is 24.4 Å². The largest absolute Gasteiger partial charge is 0.497 e. The molecule has 0 aliphatic heterocycles. The number of methoxy groups -OCH3 is 1. The molecule has 0 aliphatic carbocycles. The summed E-state index contributed by atoms with van der Waals surface area (Å²) in [5, 5.41) is 8.26. The minimum absolute atomic E-state index is 0.0120. The summed E-state index contributed by atoms with van der Waals surface area (Å²) in [5.41, 5.74) is 4.23. The number of alkyl carbamates (subject to hydrolysis) is 1. The molecule has 5 aromatic rings. The number of carbonyl (C=O) groups is 4. The molecule has 0 saturated heterocycles. The smallest absolute Gasteiger partial charge is 0.408 e. The van der Waals surface area contributed by atoms with Gasteiger partial charge < -0.3 is 25.4 Å². The summed E-state index contributed by atoms with van der Waals surface area (Å²) in [4.78, 5) is 54.3. The lowest BCUT2D eigenvalue weighted by molar-refractivity contribution is -0.140. The van der Waals surface area contributed by atoms with Crippen molar-refractivity contribution in [1.82, 2.24) is 16.0 Å². The van der Waals surface area contributed by atoms with Gasteiger partial charge in [0.2, 0.25) is 11.7 Å². The molecule has 260 valence electrons. The van der Waals surface area contributed by atoms with E-state index in [1.165, 1.54) is 0 Å². The van der Waals surface area contributed by atoms with Crippen LogP contribution in [0.1, 0.15) is 33.7 Å². The molecule has 0 aromatic heterocycles. The predicted octanol–water partition coefficient (Wildman–Crippen LogP) is 5.78. The number of ketones is 1. The Morgan fingerprint density at radius 3 is 1.61 bits per heavy atom. The van der Waals surface area contributed by atoms with E-state index in [-0.39, 0.29) is 31.9 Å². The first kappa shape index (κ1) is 36.1. The number of amides is 3. The second kappa shape index (κ2) is 18.5. The van der Waals surface area contributed by atoms with E-state index in [0.717, 1.165) is 22.3 Å². The van der Waals surface area contributed by atoms with Crippen LogP contribution in [-0.4, -0.2) is 49.4 Å². The Morgan fingerprint density at radius 1 is 0.569 bits per heavy atom. The molecule has 0 radical (unpaired) electrons. The van der Waals surface area contributed by atoms with E-state index in [1.807, 2.05) is 121 Å². The molecule has 0 fully saturated rings. The highest BCUT2D eigenvalue weighted by molar-refractivity contribution is 6.38. The summed E-state index contributed by atoms with van der Waals surface area (Å²) < 4.78 is 10.7. The normalized spacial score (nSPS) is 11.9. The summed E-state index contributed by atoms with van der Waals surface area (Å²) in [6.07, 6.45) is -0.642. The van der Waals surface area contributed by atoms with E-state index in [0.29, 0.717) is 11.3 Å². The van der Waals surface area contributed by atoms with Gasteiger partial charge in [-0.05, 0) is 39.9 Å². The third-order valence-corrected chi connectivity index (χ3v) is 8.43. The lowest BCUT2D eigenvalue weighted by Crippen LogP contribution is -2.55. The first-order chi connectivity index (χ1) is 24.9. The Labute approximate surface area is 298 Å².